The summed E-state index contributed by atoms with van der Waals surface area (Å²) >= 11 is 1.34. The lowest BCUT2D eigenvalue weighted by molar-refractivity contribution is 0.0520. The van der Waals surface area contributed by atoms with E-state index < -0.39 is 5.97 Å². The van der Waals surface area contributed by atoms with Gasteiger partial charge in [-0.1, -0.05) is 36.4 Å². The van der Waals surface area contributed by atoms with Crippen LogP contribution < -0.4 is 0 Å². The van der Waals surface area contributed by atoms with Crippen molar-refractivity contribution in [1.29, 1.82) is 0 Å². The fourth-order valence-corrected chi connectivity index (χ4v) is 3.66. The Kier molecular flexibility index (Phi) is 6.73. The van der Waals surface area contributed by atoms with Gasteiger partial charge in [0.05, 0.1) is 19.8 Å². The second kappa shape index (κ2) is 9.43. The highest BCUT2D eigenvalue weighted by Gasteiger charge is 2.20. The highest BCUT2D eigenvalue weighted by atomic mass is 32.1. The van der Waals surface area contributed by atoms with E-state index in [1.807, 2.05) is 42.5 Å². The number of esters is 1. The average Bonchev–Trinajstić information content (AvgIpc) is 3.19. The molecule has 7 heteroatoms. The van der Waals surface area contributed by atoms with E-state index in [0.29, 0.717) is 36.9 Å². The first-order valence-electron chi connectivity index (χ1n) is 9.01. The first-order chi connectivity index (χ1) is 13.6. The molecular formula is C21H22N2O4S. The van der Waals surface area contributed by atoms with Crippen LogP contribution in [0.15, 0.2) is 47.8 Å². The van der Waals surface area contributed by atoms with Gasteiger partial charge in [-0.15, -0.1) is 11.3 Å². The lowest BCUT2D eigenvalue weighted by atomic mass is 10.0. The summed E-state index contributed by atoms with van der Waals surface area (Å²) < 4.78 is 10.2. The number of amides is 1. The molecule has 3 rings (SSSR count). The molecule has 6 nitrogen and oxygen atoms in total. The first-order valence-corrected chi connectivity index (χ1v) is 9.89. The van der Waals surface area contributed by atoms with Gasteiger partial charge in [0.1, 0.15) is 5.01 Å². The van der Waals surface area contributed by atoms with Crippen LogP contribution in [0.4, 0.5) is 0 Å². The number of thiazole rings is 1. The molecule has 1 heterocycles. The third-order valence-corrected chi connectivity index (χ3v) is 5.07. The molecule has 0 unspecified atom stereocenters. The van der Waals surface area contributed by atoms with Crippen LogP contribution in [0.5, 0.6) is 0 Å². The van der Waals surface area contributed by atoms with Crippen LogP contribution >= 0.6 is 11.3 Å². The number of carbonyl (C=O) groups is 2. The summed E-state index contributed by atoms with van der Waals surface area (Å²) in [7, 11) is 1.60. The molecule has 0 spiro atoms. The van der Waals surface area contributed by atoms with Crippen molar-refractivity contribution in [1.82, 2.24) is 9.88 Å². The van der Waals surface area contributed by atoms with Crippen LogP contribution in [-0.4, -0.2) is 48.6 Å². The van der Waals surface area contributed by atoms with E-state index in [9.17, 15) is 9.59 Å². The minimum atomic E-state index is -0.450. The van der Waals surface area contributed by atoms with Gasteiger partial charge in [-0.3, -0.25) is 4.79 Å². The van der Waals surface area contributed by atoms with Crippen molar-refractivity contribution >= 4 is 34.0 Å². The van der Waals surface area contributed by atoms with Gasteiger partial charge < -0.3 is 14.4 Å². The predicted molar refractivity (Wildman–Crippen MR) is 109 cm³/mol. The number of methoxy groups -OCH3 is 1. The number of aromatic nitrogens is 1. The molecule has 0 fully saturated rings. The number of nitrogens with zero attached hydrogens (tertiary/aromatic N) is 2. The average molecular weight is 398 g/mol. The Morgan fingerprint density at radius 2 is 1.93 bits per heavy atom. The number of fused-ring (bicyclic) bond motifs is 1. The number of hydrogen-bond acceptors (Lipinski definition) is 6. The van der Waals surface area contributed by atoms with Crippen LogP contribution in [0.25, 0.3) is 10.8 Å². The van der Waals surface area contributed by atoms with E-state index in [0.717, 1.165) is 10.8 Å². The van der Waals surface area contributed by atoms with Gasteiger partial charge >= 0.3 is 5.97 Å². The van der Waals surface area contributed by atoms with Crippen molar-refractivity contribution < 1.29 is 19.1 Å². The van der Waals surface area contributed by atoms with Crippen molar-refractivity contribution in [2.75, 3.05) is 26.9 Å². The van der Waals surface area contributed by atoms with Crippen LogP contribution in [0.1, 0.15) is 32.8 Å². The standard InChI is InChI=1S/C21H22N2O4S/c1-3-27-21(25)18-14-28-19(22-18)13-23(11-12-26-2)20(24)17-10-6-8-15-7-4-5-9-16(15)17/h4-10,14H,3,11-13H2,1-2H3. The van der Waals surface area contributed by atoms with Crippen molar-refractivity contribution in [3.63, 3.8) is 0 Å². The monoisotopic (exact) mass is 398 g/mol. The smallest absolute Gasteiger partial charge is 0.357 e. The molecule has 2 aromatic carbocycles. The van der Waals surface area contributed by atoms with Gasteiger partial charge in [0.25, 0.3) is 5.91 Å². The molecule has 0 aliphatic carbocycles. The van der Waals surface area contributed by atoms with E-state index >= 15 is 0 Å². The van der Waals surface area contributed by atoms with Crippen LogP contribution in [0, 0.1) is 0 Å². The summed E-state index contributed by atoms with van der Waals surface area (Å²) in [5, 5.41) is 4.25. The number of carbonyl (C=O) groups excluding carboxylic acids is 2. The van der Waals surface area contributed by atoms with Gasteiger partial charge in [0, 0.05) is 24.6 Å². The SMILES string of the molecule is CCOC(=O)c1csc(CN(CCOC)C(=O)c2cccc3ccccc23)n1. The van der Waals surface area contributed by atoms with Gasteiger partial charge in [-0.25, -0.2) is 9.78 Å². The summed E-state index contributed by atoms with van der Waals surface area (Å²) in [6.45, 7) is 3.18. The lowest BCUT2D eigenvalue weighted by Crippen LogP contribution is -2.33. The Balaban J connectivity index is 1.85. The molecule has 0 N–H and O–H groups in total. The van der Waals surface area contributed by atoms with Crippen LogP contribution in [0.2, 0.25) is 0 Å². The summed E-state index contributed by atoms with van der Waals surface area (Å²) in [6, 6.07) is 13.5. The number of hydrogen-bond donors (Lipinski definition) is 0. The lowest BCUT2D eigenvalue weighted by Gasteiger charge is -2.22. The van der Waals surface area contributed by atoms with Crippen molar-refractivity contribution in [3.8, 4) is 0 Å². The van der Waals surface area contributed by atoms with Gasteiger partial charge in [-0.2, -0.15) is 0 Å². The molecule has 0 bridgehead atoms. The van der Waals surface area contributed by atoms with Gasteiger partial charge in [-0.05, 0) is 23.8 Å². The third-order valence-electron chi connectivity index (χ3n) is 4.24. The number of benzene rings is 2. The molecule has 0 atom stereocenters. The number of ether oxygens (including phenoxy) is 2. The van der Waals surface area contributed by atoms with E-state index in [2.05, 4.69) is 4.98 Å². The molecular weight excluding hydrogens is 376 g/mol. The minimum absolute atomic E-state index is 0.0956. The summed E-state index contributed by atoms with van der Waals surface area (Å²) in [5.74, 6) is -0.546. The Bertz CT molecular complexity index is 964. The van der Waals surface area contributed by atoms with E-state index in [-0.39, 0.29) is 11.6 Å². The van der Waals surface area contributed by atoms with E-state index in [1.54, 1.807) is 24.3 Å². The molecule has 1 aromatic heterocycles. The second-order valence-corrected chi connectivity index (χ2v) is 7.04. The third kappa shape index (κ3) is 4.55. The molecule has 0 aliphatic heterocycles. The largest absolute Gasteiger partial charge is 0.461 e. The van der Waals surface area contributed by atoms with Crippen molar-refractivity contribution in [2.45, 2.75) is 13.5 Å². The molecule has 0 radical (unpaired) electrons. The van der Waals surface area contributed by atoms with E-state index in [4.69, 9.17) is 9.47 Å². The summed E-state index contributed by atoms with van der Waals surface area (Å²) in [5.41, 5.74) is 0.905. The zero-order chi connectivity index (χ0) is 19.9. The Labute approximate surface area is 167 Å². The van der Waals surface area contributed by atoms with Crippen molar-refractivity contribution in [2.24, 2.45) is 0 Å². The van der Waals surface area contributed by atoms with Crippen LogP contribution in [0.3, 0.4) is 0 Å². The molecule has 28 heavy (non-hydrogen) atoms. The summed E-state index contributed by atoms with van der Waals surface area (Å²) in [6.07, 6.45) is 0. The zero-order valence-corrected chi connectivity index (χ0v) is 16.7. The number of rotatable bonds is 8. The normalized spacial score (nSPS) is 10.8. The maximum absolute atomic E-state index is 13.3. The van der Waals surface area contributed by atoms with Crippen LogP contribution in [-0.2, 0) is 16.0 Å². The molecule has 0 saturated carbocycles. The fraction of sp³-hybridized carbons (Fsp3) is 0.286. The Morgan fingerprint density at radius 1 is 1.14 bits per heavy atom. The molecule has 146 valence electrons. The molecule has 0 aliphatic rings. The van der Waals surface area contributed by atoms with Crippen molar-refractivity contribution in [3.05, 3.63) is 64.1 Å². The quantitative estimate of drug-likeness (QED) is 0.541. The second-order valence-electron chi connectivity index (χ2n) is 6.09. The summed E-state index contributed by atoms with van der Waals surface area (Å²) in [4.78, 5) is 31.1. The highest BCUT2D eigenvalue weighted by Crippen LogP contribution is 2.22. The Morgan fingerprint density at radius 3 is 2.71 bits per heavy atom. The zero-order valence-electron chi connectivity index (χ0n) is 15.9. The molecule has 0 saturated heterocycles. The fourth-order valence-electron chi connectivity index (χ4n) is 2.88. The first kappa shape index (κ1) is 20.0. The molecule has 1 amide bonds. The maximum atomic E-state index is 13.3. The highest BCUT2D eigenvalue weighted by molar-refractivity contribution is 7.09. The van der Waals surface area contributed by atoms with Gasteiger partial charge in [0.15, 0.2) is 5.69 Å². The van der Waals surface area contributed by atoms with E-state index in [1.165, 1.54) is 11.3 Å². The topological polar surface area (TPSA) is 68.7 Å². The van der Waals surface area contributed by atoms with Gasteiger partial charge in [0.2, 0.25) is 0 Å². The predicted octanol–water partition coefficient (Wildman–Crippen LogP) is 3.76. The molecule has 3 aromatic rings. The Hall–Kier alpha value is -2.77. The minimum Gasteiger partial charge on any atom is -0.461 e. The maximum Gasteiger partial charge on any atom is 0.357 e.